The van der Waals surface area contributed by atoms with E-state index in [0.717, 1.165) is 10.7 Å². The third kappa shape index (κ3) is 3.83. The maximum absolute atomic E-state index is 13.2. The monoisotopic (exact) mass is 461 g/mol. The van der Waals surface area contributed by atoms with E-state index in [4.69, 9.17) is 17.3 Å². The first-order chi connectivity index (χ1) is 15.3. The molecular weight excluding hydrogens is 448 g/mol. The number of anilines is 1. The van der Waals surface area contributed by atoms with Gasteiger partial charge >= 0.3 is 6.61 Å². The standard InChI is InChI=1S/C19H14ClF2N7O3/c1-8-5-9-7-25-27-15(9)13(16(23)30)14(8)26-18(31)11-6-12(32-19(21)22)28-29(11)17-10(20)3-2-4-24-17/h2-7,19H,1H3,(H2,23,30)(H,25,27)(H,26,31). The Morgan fingerprint density at radius 2 is 2.12 bits per heavy atom. The molecule has 3 aromatic heterocycles. The zero-order valence-corrected chi connectivity index (χ0v) is 17.0. The van der Waals surface area contributed by atoms with E-state index in [1.54, 1.807) is 19.1 Å². The van der Waals surface area contributed by atoms with E-state index in [9.17, 15) is 18.4 Å². The molecule has 0 fully saturated rings. The van der Waals surface area contributed by atoms with E-state index < -0.39 is 24.3 Å². The smallest absolute Gasteiger partial charge is 0.388 e. The van der Waals surface area contributed by atoms with Crippen LogP contribution in [0.2, 0.25) is 5.02 Å². The number of nitrogens with zero attached hydrogens (tertiary/aromatic N) is 4. The highest BCUT2D eigenvalue weighted by molar-refractivity contribution is 6.32. The zero-order chi connectivity index (χ0) is 23.0. The van der Waals surface area contributed by atoms with Crippen LogP contribution in [0, 0.1) is 6.92 Å². The molecule has 0 saturated carbocycles. The first kappa shape index (κ1) is 21.2. The topological polar surface area (TPSA) is 141 Å². The van der Waals surface area contributed by atoms with E-state index in [0.29, 0.717) is 16.5 Å². The second-order valence-corrected chi connectivity index (χ2v) is 6.97. The van der Waals surface area contributed by atoms with Crippen LogP contribution in [0.4, 0.5) is 14.5 Å². The Morgan fingerprint density at radius 1 is 1.34 bits per heavy atom. The molecule has 1 aromatic carbocycles. The van der Waals surface area contributed by atoms with Crippen molar-refractivity contribution in [1.82, 2.24) is 25.0 Å². The fourth-order valence-electron chi connectivity index (χ4n) is 3.18. The van der Waals surface area contributed by atoms with Crippen molar-refractivity contribution in [2.45, 2.75) is 13.5 Å². The predicted octanol–water partition coefficient (Wildman–Crippen LogP) is 3.06. The Kier molecular flexibility index (Phi) is 5.45. The number of ether oxygens (including phenoxy) is 1. The third-order valence-corrected chi connectivity index (χ3v) is 4.78. The lowest BCUT2D eigenvalue weighted by atomic mass is 10.0. The van der Waals surface area contributed by atoms with E-state index in [1.165, 1.54) is 18.5 Å². The van der Waals surface area contributed by atoms with E-state index in [2.05, 4.69) is 30.3 Å². The average Bonchev–Trinajstić information content (AvgIpc) is 3.34. The van der Waals surface area contributed by atoms with Crippen LogP contribution in [0.5, 0.6) is 5.88 Å². The Bertz CT molecular complexity index is 1350. The number of halogens is 3. The summed E-state index contributed by atoms with van der Waals surface area (Å²) >= 11 is 6.14. The van der Waals surface area contributed by atoms with Crippen LogP contribution in [0.25, 0.3) is 16.7 Å². The molecule has 0 aliphatic carbocycles. The van der Waals surface area contributed by atoms with Crippen molar-refractivity contribution in [1.29, 1.82) is 0 Å². The van der Waals surface area contributed by atoms with Gasteiger partial charge in [-0.3, -0.25) is 14.7 Å². The number of alkyl halides is 2. The number of rotatable bonds is 6. The van der Waals surface area contributed by atoms with Gasteiger partial charge in [-0.2, -0.15) is 13.9 Å². The molecule has 0 atom stereocenters. The number of fused-ring (bicyclic) bond motifs is 1. The van der Waals surface area contributed by atoms with Gasteiger partial charge in [-0.1, -0.05) is 11.6 Å². The number of hydrogen-bond donors (Lipinski definition) is 3. The molecule has 0 aliphatic heterocycles. The number of nitrogens with two attached hydrogens (primary N) is 1. The zero-order valence-electron chi connectivity index (χ0n) is 16.3. The number of nitrogens with one attached hydrogen (secondary N) is 2. The van der Waals surface area contributed by atoms with Gasteiger partial charge in [-0.25, -0.2) is 9.67 Å². The van der Waals surface area contributed by atoms with Crippen LogP contribution in [-0.2, 0) is 0 Å². The van der Waals surface area contributed by atoms with Crippen molar-refractivity contribution in [3.63, 3.8) is 0 Å². The lowest BCUT2D eigenvalue weighted by molar-refractivity contribution is -0.0530. The SMILES string of the molecule is Cc1cc2cn[nH]c2c(C(N)=O)c1NC(=O)c1cc(OC(F)F)nn1-c1ncccc1Cl. The lowest BCUT2D eigenvalue weighted by Gasteiger charge is -2.14. The molecule has 164 valence electrons. The summed E-state index contributed by atoms with van der Waals surface area (Å²) in [6.45, 7) is -1.51. The summed E-state index contributed by atoms with van der Waals surface area (Å²) in [6.07, 6.45) is 2.90. The van der Waals surface area contributed by atoms with Gasteiger partial charge in [0, 0.05) is 17.6 Å². The van der Waals surface area contributed by atoms with Crippen molar-refractivity contribution < 1.29 is 23.1 Å². The summed E-state index contributed by atoms with van der Waals surface area (Å²) in [4.78, 5) is 29.3. The number of hydrogen-bond acceptors (Lipinski definition) is 6. The molecule has 0 aliphatic rings. The number of carbonyl (C=O) groups is 2. The van der Waals surface area contributed by atoms with Gasteiger partial charge in [0.1, 0.15) is 5.69 Å². The lowest BCUT2D eigenvalue weighted by Crippen LogP contribution is -2.22. The third-order valence-electron chi connectivity index (χ3n) is 4.49. The van der Waals surface area contributed by atoms with E-state index >= 15 is 0 Å². The van der Waals surface area contributed by atoms with Crippen molar-refractivity contribution in [2.75, 3.05) is 5.32 Å². The number of pyridine rings is 1. The van der Waals surface area contributed by atoms with Crippen molar-refractivity contribution in [3.8, 4) is 11.7 Å². The molecule has 3 heterocycles. The fourth-order valence-corrected chi connectivity index (χ4v) is 3.38. The number of primary amides is 1. The molecule has 0 spiro atoms. The minimum atomic E-state index is -3.17. The highest BCUT2D eigenvalue weighted by Gasteiger charge is 2.24. The largest absolute Gasteiger partial charge is 0.415 e. The summed E-state index contributed by atoms with van der Waals surface area (Å²) < 4.78 is 30.7. The molecule has 0 saturated heterocycles. The van der Waals surface area contributed by atoms with Gasteiger partial charge in [0.05, 0.1) is 28.0 Å². The average molecular weight is 462 g/mol. The number of amides is 2. The molecule has 0 unspecified atom stereocenters. The number of aryl methyl sites for hydroxylation is 1. The minimum absolute atomic E-state index is 0.0110. The van der Waals surface area contributed by atoms with Crippen molar-refractivity contribution in [3.05, 3.63) is 58.5 Å². The summed E-state index contributed by atoms with van der Waals surface area (Å²) in [5.74, 6) is -2.11. The molecule has 4 aromatic rings. The molecule has 13 heteroatoms. The second-order valence-electron chi connectivity index (χ2n) is 6.56. The van der Waals surface area contributed by atoms with Crippen LogP contribution in [0.15, 0.2) is 36.7 Å². The molecule has 2 amide bonds. The van der Waals surface area contributed by atoms with Crippen LogP contribution >= 0.6 is 11.6 Å². The van der Waals surface area contributed by atoms with Gasteiger partial charge in [0.25, 0.3) is 11.8 Å². The van der Waals surface area contributed by atoms with Crippen LogP contribution in [0.3, 0.4) is 0 Å². The Hall–Kier alpha value is -4.06. The summed E-state index contributed by atoms with van der Waals surface area (Å²) in [5.41, 5.74) is 6.30. The highest BCUT2D eigenvalue weighted by atomic mass is 35.5. The highest BCUT2D eigenvalue weighted by Crippen LogP contribution is 2.30. The van der Waals surface area contributed by atoms with Crippen molar-refractivity contribution >= 4 is 40.0 Å². The summed E-state index contributed by atoms with van der Waals surface area (Å²) in [6, 6.07) is 5.73. The van der Waals surface area contributed by atoms with E-state index in [1.807, 2.05) is 0 Å². The Labute approximate surface area is 183 Å². The first-order valence-corrected chi connectivity index (χ1v) is 9.37. The van der Waals surface area contributed by atoms with Gasteiger partial charge in [0.2, 0.25) is 5.88 Å². The molecule has 4 rings (SSSR count). The second kappa shape index (κ2) is 8.23. The maximum atomic E-state index is 13.2. The van der Waals surface area contributed by atoms with Gasteiger partial charge < -0.3 is 15.8 Å². The summed E-state index contributed by atoms with van der Waals surface area (Å²) in [7, 11) is 0. The molecule has 0 bridgehead atoms. The Morgan fingerprint density at radius 3 is 2.81 bits per heavy atom. The minimum Gasteiger partial charge on any atom is -0.415 e. The van der Waals surface area contributed by atoms with Gasteiger partial charge in [0.15, 0.2) is 5.82 Å². The maximum Gasteiger partial charge on any atom is 0.388 e. The Balaban J connectivity index is 1.81. The fraction of sp³-hybridized carbons (Fsp3) is 0.105. The quantitative estimate of drug-likeness (QED) is 0.403. The number of aromatic nitrogens is 5. The summed E-state index contributed by atoms with van der Waals surface area (Å²) in [5, 5.41) is 13.7. The van der Waals surface area contributed by atoms with Crippen LogP contribution < -0.4 is 15.8 Å². The number of H-pyrrole nitrogens is 1. The molecule has 32 heavy (non-hydrogen) atoms. The molecule has 0 radical (unpaired) electrons. The molecular formula is C19H14ClF2N7O3. The first-order valence-electron chi connectivity index (χ1n) is 9.00. The van der Waals surface area contributed by atoms with Gasteiger partial charge in [-0.15, -0.1) is 5.10 Å². The van der Waals surface area contributed by atoms with Crippen LogP contribution in [-0.4, -0.2) is 43.4 Å². The van der Waals surface area contributed by atoms with Gasteiger partial charge in [-0.05, 0) is 30.7 Å². The number of benzene rings is 1. The predicted molar refractivity (Wildman–Crippen MR) is 110 cm³/mol. The van der Waals surface area contributed by atoms with Crippen molar-refractivity contribution in [2.24, 2.45) is 5.73 Å². The normalized spacial score (nSPS) is 11.2. The number of carbonyl (C=O) groups excluding carboxylic acids is 2. The van der Waals surface area contributed by atoms with E-state index in [-0.39, 0.29) is 27.8 Å². The number of aromatic amines is 1. The van der Waals surface area contributed by atoms with Crippen LogP contribution in [0.1, 0.15) is 26.4 Å². The molecule has 4 N–H and O–H groups in total. The molecule has 10 nitrogen and oxygen atoms in total.